The lowest BCUT2D eigenvalue weighted by Crippen LogP contribution is -2.56. The number of carbonyl (C=O) groups is 5. The van der Waals surface area contributed by atoms with Gasteiger partial charge < -0.3 is 26.0 Å². The minimum atomic E-state index is -1.13. The first-order valence-electron chi connectivity index (χ1n) is 14.7. The number of nitroso groups, excluding NO2 is 1. The average Bonchev–Trinajstić information content (AvgIpc) is 3.54. The van der Waals surface area contributed by atoms with Gasteiger partial charge in [-0.1, -0.05) is 60.7 Å². The molecule has 1 saturated heterocycles. The standard InChI is InChI=1S/C33H35N5O7/c39-29(17-18-30(40)41)35-27(21-23-10-5-2-6-11-23)33(44)38-19-7-12-28(38)32(43)36-26(20-22-8-3-1-4-9-22)31(42)34-24-13-15-25(37-45)16-14-24/h1-6,8-11,13-16,26-28H,7,12,17-21H2,(H,34,42)(H,35,39)(H,36,43)(H,40,41)/t26-,27-,28-/m0/s1. The number of hydrogen-bond acceptors (Lipinski definition) is 7. The zero-order chi connectivity index (χ0) is 32.2. The molecule has 0 spiro atoms. The largest absolute Gasteiger partial charge is 0.481 e. The van der Waals surface area contributed by atoms with Crippen LogP contribution in [0.3, 0.4) is 0 Å². The van der Waals surface area contributed by atoms with Crippen LogP contribution in [0.25, 0.3) is 0 Å². The van der Waals surface area contributed by atoms with Crippen molar-refractivity contribution < 1.29 is 29.1 Å². The number of amides is 4. The van der Waals surface area contributed by atoms with Gasteiger partial charge >= 0.3 is 5.97 Å². The molecule has 0 aliphatic carbocycles. The van der Waals surface area contributed by atoms with Crippen LogP contribution in [0.1, 0.15) is 36.8 Å². The molecule has 1 heterocycles. The van der Waals surface area contributed by atoms with Crippen LogP contribution in [0, 0.1) is 4.91 Å². The Morgan fingerprint density at radius 1 is 0.800 bits per heavy atom. The molecule has 1 aliphatic rings. The van der Waals surface area contributed by atoms with Crippen molar-refractivity contribution in [3.63, 3.8) is 0 Å². The van der Waals surface area contributed by atoms with E-state index >= 15 is 0 Å². The van der Waals surface area contributed by atoms with Gasteiger partial charge in [0.05, 0.1) is 6.42 Å². The highest BCUT2D eigenvalue weighted by Gasteiger charge is 2.39. The van der Waals surface area contributed by atoms with Crippen LogP contribution in [0.15, 0.2) is 90.1 Å². The van der Waals surface area contributed by atoms with Gasteiger partial charge in [-0.2, -0.15) is 0 Å². The van der Waals surface area contributed by atoms with Crippen LogP contribution in [-0.4, -0.2) is 64.3 Å². The van der Waals surface area contributed by atoms with E-state index < -0.39 is 47.7 Å². The summed E-state index contributed by atoms with van der Waals surface area (Å²) in [5.74, 6) is -3.16. The van der Waals surface area contributed by atoms with Gasteiger partial charge in [-0.05, 0) is 53.4 Å². The summed E-state index contributed by atoms with van der Waals surface area (Å²) in [6.45, 7) is 0.278. The van der Waals surface area contributed by atoms with Crippen LogP contribution in [0.5, 0.6) is 0 Å². The summed E-state index contributed by atoms with van der Waals surface area (Å²) >= 11 is 0. The van der Waals surface area contributed by atoms with E-state index in [-0.39, 0.29) is 37.9 Å². The molecule has 0 bridgehead atoms. The predicted molar refractivity (Wildman–Crippen MR) is 166 cm³/mol. The van der Waals surface area contributed by atoms with Crippen molar-refractivity contribution in [2.75, 3.05) is 11.9 Å². The lowest BCUT2D eigenvalue weighted by molar-refractivity contribution is -0.142. The molecular weight excluding hydrogens is 578 g/mol. The van der Waals surface area contributed by atoms with E-state index in [2.05, 4.69) is 21.1 Å². The molecule has 234 valence electrons. The van der Waals surface area contributed by atoms with Crippen molar-refractivity contribution in [2.45, 2.75) is 56.7 Å². The fourth-order valence-corrected chi connectivity index (χ4v) is 5.20. The first-order valence-corrected chi connectivity index (χ1v) is 14.7. The Kier molecular flexibility index (Phi) is 11.5. The van der Waals surface area contributed by atoms with Gasteiger partial charge in [-0.3, -0.25) is 24.0 Å². The number of carboxylic acid groups (broad SMARTS) is 1. The number of benzene rings is 3. The SMILES string of the molecule is O=Nc1ccc(NC(=O)[C@H](Cc2ccccc2)NC(=O)[C@@H]2CCCN2C(=O)[C@H](Cc2ccccc2)NC(=O)CCC(=O)O)cc1. The lowest BCUT2D eigenvalue weighted by Gasteiger charge is -2.30. The van der Waals surface area contributed by atoms with Crippen LogP contribution in [0.4, 0.5) is 11.4 Å². The number of nitrogens with zero attached hydrogens (tertiary/aromatic N) is 2. The summed E-state index contributed by atoms with van der Waals surface area (Å²) < 4.78 is 0. The van der Waals surface area contributed by atoms with Crippen molar-refractivity contribution in [3.05, 3.63) is 101 Å². The fraction of sp³-hybridized carbons (Fsp3) is 0.303. The molecule has 4 amide bonds. The smallest absolute Gasteiger partial charge is 0.303 e. The molecule has 45 heavy (non-hydrogen) atoms. The summed E-state index contributed by atoms with van der Waals surface area (Å²) in [7, 11) is 0. The van der Waals surface area contributed by atoms with Gasteiger partial charge in [0.25, 0.3) is 0 Å². The Balaban J connectivity index is 1.50. The number of carbonyl (C=O) groups excluding carboxylic acids is 4. The number of anilines is 1. The molecule has 0 unspecified atom stereocenters. The highest BCUT2D eigenvalue weighted by atomic mass is 16.4. The van der Waals surface area contributed by atoms with E-state index in [0.29, 0.717) is 18.5 Å². The van der Waals surface area contributed by atoms with Gasteiger partial charge in [0.2, 0.25) is 23.6 Å². The molecule has 1 aliphatic heterocycles. The molecule has 12 nitrogen and oxygen atoms in total. The van der Waals surface area contributed by atoms with Crippen molar-refractivity contribution in [3.8, 4) is 0 Å². The Labute approximate surface area is 260 Å². The topological polar surface area (TPSA) is 174 Å². The second-order valence-corrected chi connectivity index (χ2v) is 10.8. The quantitative estimate of drug-likeness (QED) is 0.202. The Morgan fingerprint density at radius 2 is 1.40 bits per heavy atom. The van der Waals surface area contributed by atoms with E-state index in [4.69, 9.17) is 5.11 Å². The van der Waals surface area contributed by atoms with E-state index in [9.17, 15) is 28.9 Å². The number of nitrogens with one attached hydrogen (secondary N) is 3. The first kappa shape index (κ1) is 32.5. The fourth-order valence-electron chi connectivity index (χ4n) is 5.20. The van der Waals surface area contributed by atoms with Gasteiger partial charge in [0, 0.05) is 31.5 Å². The van der Waals surface area contributed by atoms with E-state index in [0.717, 1.165) is 11.1 Å². The number of likely N-dealkylation sites (tertiary alicyclic amines) is 1. The van der Waals surface area contributed by atoms with Crippen LogP contribution >= 0.6 is 0 Å². The Hall–Kier alpha value is -5.39. The van der Waals surface area contributed by atoms with Crippen LogP contribution in [-0.2, 0) is 36.8 Å². The van der Waals surface area contributed by atoms with Crippen LogP contribution < -0.4 is 16.0 Å². The molecule has 12 heteroatoms. The Morgan fingerprint density at radius 3 is 1.98 bits per heavy atom. The van der Waals surface area contributed by atoms with Crippen molar-refractivity contribution >= 4 is 41.0 Å². The van der Waals surface area contributed by atoms with Gasteiger partial charge in [0.1, 0.15) is 23.8 Å². The minimum Gasteiger partial charge on any atom is -0.481 e. The maximum Gasteiger partial charge on any atom is 0.303 e. The zero-order valence-corrected chi connectivity index (χ0v) is 24.6. The molecule has 3 aromatic rings. The average molecular weight is 614 g/mol. The summed E-state index contributed by atoms with van der Waals surface area (Å²) in [4.78, 5) is 76.7. The van der Waals surface area contributed by atoms with Gasteiger partial charge in [-0.15, -0.1) is 4.91 Å². The molecular formula is C33H35N5O7. The van der Waals surface area contributed by atoms with Gasteiger partial charge in [-0.25, -0.2) is 0 Å². The summed E-state index contributed by atoms with van der Waals surface area (Å²) in [5.41, 5.74) is 2.22. The minimum absolute atomic E-state index is 0.154. The number of carboxylic acids is 1. The maximum atomic E-state index is 13.8. The molecule has 0 aromatic heterocycles. The van der Waals surface area contributed by atoms with Gasteiger partial charge in [0.15, 0.2) is 0 Å². The summed E-state index contributed by atoms with van der Waals surface area (Å²) in [6, 6.07) is 21.3. The van der Waals surface area contributed by atoms with Crippen molar-refractivity contribution in [1.29, 1.82) is 0 Å². The van der Waals surface area contributed by atoms with E-state index in [1.165, 1.54) is 29.2 Å². The monoisotopic (exact) mass is 613 g/mol. The molecule has 3 atom stereocenters. The Bertz CT molecular complexity index is 1500. The maximum absolute atomic E-state index is 13.8. The summed E-state index contributed by atoms with van der Waals surface area (Å²) in [5, 5.41) is 20.1. The number of hydrogen-bond donors (Lipinski definition) is 4. The highest BCUT2D eigenvalue weighted by molar-refractivity contribution is 5.99. The van der Waals surface area contributed by atoms with Crippen LogP contribution in [0.2, 0.25) is 0 Å². The molecule has 4 N–H and O–H groups in total. The molecule has 0 saturated carbocycles. The second-order valence-electron chi connectivity index (χ2n) is 10.8. The third-order valence-electron chi connectivity index (χ3n) is 7.48. The molecule has 0 radical (unpaired) electrons. The number of rotatable bonds is 14. The normalized spacial score (nSPS) is 15.4. The number of aliphatic carboxylic acids is 1. The van der Waals surface area contributed by atoms with E-state index in [1.807, 2.05) is 48.5 Å². The highest BCUT2D eigenvalue weighted by Crippen LogP contribution is 2.21. The lowest BCUT2D eigenvalue weighted by atomic mass is 10.0. The molecule has 3 aromatic carbocycles. The first-order chi connectivity index (χ1) is 21.7. The van der Waals surface area contributed by atoms with E-state index in [1.54, 1.807) is 12.1 Å². The zero-order valence-electron chi connectivity index (χ0n) is 24.6. The third-order valence-corrected chi connectivity index (χ3v) is 7.48. The van der Waals surface area contributed by atoms with Crippen molar-refractivity contribution in [2.24, 2.45) is 5.18 Å². The van der Waals surface area contributed by atoms with Crippen molar-refractivity contribution in [1.82, 2.24) is 15.5 Å². The predicted octanol–water partition coefficient (Wildman–Crippen LogP) is 3.33. The third kappa shape index (κ3) is 9.55. The second kappa shape index (κ2) is 15.9. The summed E-state index contributed by atoms with van der Waals surface area (Å²) in [6.07, 6.45) is 0.576. The molecule has 1 fully saturated rings. The molecule has 4 rings (SSSR count).